The molecule has 4 N–H and O–H groups in total. The van der Waals surface area contributed by atoms with Gasteiger partial charge in [-0.3, -0.25) is 0 Å². The van der Waals surface area contributed by atoms with Crippen LogP contribution in [0.2, 0.25) is 0 Å². The Balaban J connectivity index is 2.18. The minimum atomic E-state index is 0.781. The molecule has 0 bridgehead atoms. The average molecular weight is 210 g/mol. The van der Waals surface area contributed by atoms with Crippen LogP contribution in [0.3, 0.4) is 0 Å². The van der Waals surface area contributed by atoms with Gasteiger partial charge in [-0.15, -0.1) is 0 Å². The Morgan fingerprint density at radius 1 is 1.21 bits per heavy atom. The molecule has 0 spiro atoms. The predicted molar refractivity (Wildman–Crippen MR) is 65.6 cm³/mol. The topological polar surface area (TPSA) is 52.0 Å². The number of hydrogen-bond acceptors (Lipinski definition) is 3. The van der Waals surface area contributed by atoms with Crippen LogP contribution in [-0.4, -0.2) is 18.1 Å². The molecule has 0 aromatic heterocycles. The van der Waals surface area contributed by atoms with Crippen LogP contribution < -0.4 is 11.5 Å². The van der Waals surface area contributed by atoms with Gasteiger partial charge in [0.15, 0.2) is 0 Å². The SMILES string of the molecule is NCCSCCCc1cccc(N)c1. The molecule has 0 unspecified atom stereocenters. The fourth-order valence-electron chi connectivity index (χ4n) is 1.31. The highest BCUT2D eigenvalue weighted by molar-refractivity contribution is 7.99. The van der Waals surface area contributed by atoms with Crippen molar-refractivity contribution < 1.29 is 0 Å². The van der Waals surface area contributed by atoms with Gasteiger partial charge in [0.05, 0.1) is 0 Å². The van der Waals surface area contributed by atoms with Gasteiger partial charge >= 0.3 is 0 Å². The van der Waals surface area contributed by atoms with Crippen LogP contribution in [0.5, 0.6) is 0 Å². The fraction of sp³-hybridized carbons (Fsp3) is 0.455. The zero-order valence-electron chi connectivity index (χ0n) is 8.41. The molecule has 0 saturated heterocycles. The zero-order valence-corrected chi connectivity index (χ0v) is 9.22. The summed E-state index contributed by atoms with van der Waals surface area (Å²) >= 11 is 1.92. The third kappa shape index (κ3) is 4.53. The number of nitrogen functional groups attached to an aromatic ring is 1. The zero-order chi connectivity index (χ0) is 10.2. The quantitative estimate of drug-likeness (QED) is 0.557. The maximum Gasteiger partial charge on any atom is 0.0316 e. The third-order valence-corrected chi connectivity index (χ3v) is 3.07. The summed E-state index contributed by atoms with van der Waals surface area (Å²) in [6.07, 6.45) is 2.32. The van der Waals surface area contributed by atoms with E-state index in [1.807, 2.05) is 30.0 Å². The molecular weight excluding hydrogens is 192 g/mol. The Labute approximate surface area is 90.1 Å². The van der Waals surface area contributed by atoms with Crippen molar-refractivity contribution in [2.75, 3.05) is 23.8 Å². The van der Waals surface area contributed by atoms with Gasteiger partial charge < -0.3 is 11.5 Å². The second kappa shape index (κ2) is 6.74. The van der Waals surface area contributed by atoms with Crippen LogP contribution in [0.4, 0.5) is 5.69 Å². The van der Waals surface area contributed by atoms with Crippen LogP contribution >= 0.6 is 11.8 Å². The van der Waals surface area contributed by atoms with Gasteiger partial charge in [0, 0.05) is 18.0 Å². The molecule has 0 aliphatic rings. The number of thioether (sulfide) groups is 1. The first-order chi connectivity index (χ1) is 6.83. The number of anilines is 1. The van der Waals surface area contributed by atoms with E-state index in [9.17, 15) is 0 Å². The van der Waals surface area contributed by atoms with Crippen LogP contribution in [0.25, 0.3) is 0 Å². The molecule has 1 rings (SSSR count). The first-order valence-electron chi connectivity index (χ1n) is 4.95. The molecule has 0 atom stereocenters. The van der Waals surface area contributed by atoms with E-state index in [0.717, 1.165) is 24.4 Å². The van der Waals surface area contributed by atoms with Crippen LogP contribution in [0.15, 0.2) is 24.3 Å². The average Bonchev–Trinajstić information content (AvgIpc) is 2.18. The lowest BCUT2D eigenvalue weighted by molar-refractivity contribution is 0.932. The van der Waals surface area contributed by atoms with Crippen molar-refractivity contribution in [1.29, 1.82) is 0 Å². The van der Waals surface area contributed by atoms with E-state index >= 15 is 0 Å². The van der Waals surface area contributed by atoms with Crippen molar-refractivity contribution in [3.05, 3.63) is 29.8 Å². The summed E-state index contributed by atoms with van der Waals surface area (Å²) < 4.78 is 0. The lowest BCUT2D eigenvalue weighted by atomic mass is 10.1. The molecule has 78 valence electrons. The largest absolute Gasteiger partial charge is 0.399 e. The van der Waals surface area contributed by atoms with Gasteiger partial charge in [-0.1, -0.05) is 12.1 Å². The molecule has 3 heteroatoms. The van der Waals surface area contributed by atoms with Crippen molar-refractivity contribution in [1.82, 2.24) is 0 Å². The lowest BCUT2D eigenvalue weighted by Crippen LogP contribution is -2.02. The Bertz CT molecular complexity index is 263. The highest BCUT2D eigenvalue weighted by Gasteiger charge is 1.94. The van der Waals surface area contributed by atoms with Crippen LogP contribution in [0.1, 0.15) is 12.0 Å². The fourth-order valence-corrected chi connectivity index (χ4v) is 2.03. The molecule has 0 fully saturated rings. The maximum absolute atomic E-state index is 5.69. The van der Waals surface area contributed by atoms with Gasteiger partial charge in [-0.05, 0) is 36.3 Å². The number of nitrogens with two attached hydrogens (primary N) is 2. The molecule has 2 nitrogen and oxygen atoms in total. The molecule has 0 heterocycles. The molecule has 0 aliphatic heterocycles. The maximum atomic E-state index is 5.69. The molecule has 0 saturated carbocycles. The van der Waals surface area contributed by atoms with E-state index in [-0.39, 0.29) is 0 Å². The molecule has 0 aliphatic carbocycles. The van der Waals surface area contributed by atoms with E-state index in [0.29, 0.717) is 0 Å². The number of benzene rings is 1. The monoisotopic (exact) mass is 210 g/mol. The molecular formula is C11H18N2S. The molecule has 14 heavy (non-hydrogen) atoms. The second-order valence-corrected chi connectivity index (χ2v) is 4.47. The van der Waals surface area contributed by atoms with Gasteiger partial charge in [-0.25, -0.2) is 0 Å². The normalized spacial score (nSPS) is 10.4. The van der Waals surface area contributed by atoms with Crippen molar-refractivity contribution in [3.8, 4) is 0 Å². The van der Waals surface area contributed by atoms with E-state index < -0.39 is 0 Å². The first kappa shape index (κ1) is 11.4. The smallest absolute Gasteiger partial charge is 0.0316 e. The summed E-state index contributed by atoms with van der Waals surface area (Å²) in [7, 11) is 0. The molecule has 0 amide bonds. The minimum absolute atomic E-state index is 0.781. The number of aryl methyl sites for hydroxylation is 1. The van der Waals surface area contributed by atoms with Crippen LogP contribution in [-0.2, 0) is 6.42 Å². The van der Waals surface area contributed by atoms with E-state index in [1.54, 1.807) is 0 Å². The van der Waals surface area contributed by atoms with Crippen molar-refractivity contribution in [2.24, 2.45) is 5.73 Å². The summed E-state index contributed by atoms with van der Waals surface area (Å²) in [6.45, 7) is 0.781. The third-order valence-electron chi connectivity index (χ3n) is 1.97. The highest BCUT2D eigenvalue weighted by atomic mass is 32.2. The summed E-state index contributed by atoms with van der Waals surface area (Å²) in [4.78, 5) is 0. The Hall–Kier alpha value is -0.670. The van der Waals surface area contributed by atoms with E-state index in [4.69, 9.17) is 11.5 Å². The molecule has 1 aromatic carbocycles. The number of hydrogen-bond donors (Lipinski definition) is 2. The summed E-state index contributed by atoms with van der Waals surface area (Å²) in [5, 5.41) is 0. The lowest BCUT2D eigenvalue weighted by Gasteiger charge is -2.02. The summed E-state index contributed by atoms with van der Waals surface area (Å²) in [5.41, 5.74) is 13.3. The Kier molecular flexibility index (Phi) is 5.49. The van der Waals surface area contributed by atoms with Gasteiger partial charge in [0.25, 0.3) is 0 Å². The van der Waals surface area contributed by atoms with Gasteiger partial charge in [-0.2, -0.15) is 11.8 Å². The first-order valence-corrected chi connectivity index (χ1v) is 6.10. The Morgan fingerprint density at radius 2 is 2.07 bits per heavy atom. The standard InChI is InChI=1S/C11H18N2S/c12-6-8-14-7-2-4-10-3-1-5-11(13)9-10/h1,3,5,9H,2,4,6-8,12-13H2. The summed E-state index contributed by atoms with van der Waals surface area (Å²) in [5.74, 6) is 2.25. The van der Waals surface area contributed by atoms with Crippen molar-refractivity contribution in [3.63, 3.8) is 0 Å². The second-order valence-electron chi connectivity index (χ2n) is 3.25. The Morgan fingerprint density at radius 3 is 2.79 bits per heavy atom. The highest BCUT2D eigenvalue weighted by Crippen LogP contribution is 2.10. The molecule has 0 radical (unpaired) electrons. The van der Waals surface area contributed by atoms with Gasteiger partial charge in [0.2, 0.25) is 0 Å². The van der Waals surface area contributed by atoms with Crippen LogP contribution in [0, 0.1) is 0 Å². The minimum Gasteiger partial charge on any atom is -0.399 e. The van der Waals surface area contributed by atoms with Crippen molar-refractivity contribution >= 4 is 17.4 Å². The number of rotatable bonds is 6. The van der Waals surface area contributed by atoms with Gasteiger partial charge in [0.1, 0.15) is 0 Å². The predicted octanol–water partition coefficient (Wildman–Crippen LogP) is 1.89. The van der Waals surface area contributed by atoms with E-state index in [1.165, 1.54) is 17.7 Å². The summed E-state index contributed by atoms with van der Waals surface area (Å²) in [6, 6.07) is 8.11. The van der Waals surface area contributed by atoms with E-state index in [2.05, 4.69) is 6.07 Å². The van der Waals surface area contributed by atoms with Crippen molar-refractivity contribution in [2.45, 2.75) is 12.8 Å². The molecule has 1 aromatic rings.